The van der Waals surface area contributed by atoms with Crippen molar-refractivity contribution in [2.75, 3.05) is 26.2 Å². The minimum Gasteiger partial charge on any atom is -0.473 e. The first-order valence-corrected chi connectivity index (χ1v) is 13.5. The lowest BCUT2D eigenvalue weighted by Crippen LogP contribution is -2.56. The van der Waals surface area contributed by atoms with E-state index in [2.05, 4.69) is 31.7 Å². The van der Waals surface area contributed by atoms with Gasteiger partial charge in [-0.05, 0) is 61.5 Å². The molecule has 38 heavy (non-hydrogen) atoms. The number of nitrogens with one attached hydrogen (secondary N) is 1. The molecule has 1 aromatic heterocycles. The summed E-state index contributed by atoms with van der Waals surface area (Å²) >= 11 is 1.47. The molecule has 0 spiro atoms. The van der Waals surface area contributed by atoms with E-state index in [4.69, 9.17) is 10.5 Å². The van der Waals surface area contributed by atoms with Gasteiger partial charge in [0.1, 0.15) is 11.9 Å². The van der Waals surface area contributed by atoms with Crippen molar-refractivity contribution < 1.29 is 22.7 Å². The number of ether oxygens (including phenoxy) is 1. The van der Waals surface area contributed by atoms with Crippen molar-refractivity contribution in [1.29, 1.82) is 0 Å². The van der Waals surface area contributed by atoms with Crippen molar-refractivity contribution in [2.45, 2.75) is 50.0 Å². The van der Waals surface area contributed by atoms with Crippen LogP contribution in [0.25, 0.3) is 10.1 Å². The molecule has 1 saturated heterocycles. The van der Waals surface area contributed by atoms with Gasteiger partial charge in [0.25, 0.3) is 0 Å². The van der Waals surface area contributed by atoms with Gasteiger partial charge < -0.3 is 15.8 Å². The second-order valence-electron chi connectivity index (χ2n) is 9.87. The molecule has 2 aromatic carbocycles. The standard InChI is InChI=1S/C27H30F3N5O2S/c28-27(29,30)18-5-3-4-17(12-18)23(36)13-32-14-25(31)33-19-15-35(16-19)20-8-10-21(11-9-20)37-26-22-6-1-2-7-24(22)38-34-26/h1-7,12,19-21,32H,8-11,13-16H2,(H2,31,33). The maximum Gasteiger partial charge on any atom is 0.416 e. The van der Waals surface area contributed by atoms with E-state index in [1.165, 1.54) is 23.7 Å². The Kier molecular flexibility index (Phi) is 7.96. The Balaban J connectivity index is 1.01. The monoisotopic (exact) mass is 545 g/mol. The van der Waals surface area contributed by atoms with Crippen LogP contribution < -0.4 is 15.8 Å². The number of fused-ring (bicyclic) bond motifs is 1. The molecule has 2 heterocycles. The molecular formula is C27H30F3N5O2S. The van der Waals surface area contributed by atoms with Crippen LogP contribution in [0.1, 0.15) is 41.6 Å². The van der Waals surface area contributed by atoms with E-state index < -0.39 is 17.5 Å². The number of aliphatic imine (C=N–C) groups is 1. The minimum atomic E-state index is -4.48. The van der Waals surface area contributed by atoms with Crippen molar-refractivity contribution in [3.8, 4) is 5.88 Å². The normalized spacial score (nSPS) is 21.4. The molecule has 3 N–H and O–H groups in total. The van der Waals surface area contributed by atoms with Crippen LogP contribution >= 0.6 is 11.5 Å². The van der Waals surface area contributed by atoms with Gasteiger partial charge in [-0.3, -0.25) is 14.7 Å². The number of hydrogen-bond donors (Lipinski definition) is 2. The average Bonchev–Trinajstić information content (AvgIpc) is 3.29. The first-order valence-electron chi connectivity index (χ1n) is 12.7. The van der Waals surface area contributed by atoms with Gasteiger partial charge in [0.05, 0.1) is 34.8 Å². The molecule has 1 saturated carbocycles. The summed E-state index contributed by atoms with van der Waals surface area (Å²) in [6.07, 6.45) is -0.177. The minimum absolute atomic E-state index is 0.0116. The summed E-state index contributed by atoms with van der Waals surface area (Å²) in [6, 6.07) is 13.2. The van der Waals surface area contributed by atoms with Gasteiger partial charge in [-0.25, -0.2) is 0 Å². The lowest BCUT2D eigenvalue weighted by molar-refractivity contribution is -0.137. The number of rotatable bonds is 9. The first-order chi connectivity index (χ1) is 18.3. The molecule has 1 aliphatic carbocycles. The second-order valence-corrected chi connectivity index (χ2v) is 10.7. The Hall–Kier alpha value is -3.02. The van der Waals surface area contributed by atoms with Crippen LogP contribution in [0.5, 0.6) is 5.88 Å². The summed E-state index contributed by atoms with van der Waals surface area (Å²) in [4.78, 5) is 19.2. The number of Topliss-reactive ketones (excluding diaryl/α,β-unsaturated/α-hetero) is 1. The van der Waals surface area contributed by atoms with E-state index in [1.807, 2.05) is 12.1 Å². The Morgan fingerprint density at radius 2 is 1.87 bits per heavy atom. The van der Waals surface area contributed by atoms with Crippen LogP contribution in [0.3, 0.4) is 0 Å². The third kappa shape index (κ3) is 6.33. The highest BCUT2D eigenvalue weighted by Crippen LogP contribution is 2.33. The molecule has 2 fully saturated rings. The van der Waals surface area contributed by atoms with E-state index in [-0.39, 0.29) is 30.8 Å². The van der Waals surface area contributed by atoms with E-state index in [0.717, 1.165) is 66.9 Å². The number of benzene rings is 2. The summed E-state index contributed by atoms with van der Waals surface area (Å²) in [5, 5.41) is 3.96. The van der Waals surface area contributed by atoms with Crippen molar-refractivity contribution in [2.24, 2.45) is 10.7 Å². The number of alkyl halides is 3. The SMILES string of the molecule is NC(CNCC(=O)c1cccc(C(F)(F)F)c1)=NC1CN(C2CCC(Oc3nsc4ccccc34)CC2)C1. The third-order valence-corrected chi connectivity index (χ3v) is 7.94. The van der Waals surface area contributed by atoms with Crippen LogP contribution in [-0.2, 0) is 6.18 Å². The Bertz CT molecular complexity index is 1300. The summed E-state index contributed by atoms with van der Waals surface area (Å²) in [7, 11) is 0. The maximum absolute atomic E-state index is 12.9. The number of ketones is 1. The van der Waals surface area contributed by atoms with Crippen molar-refractivity contribution >= 4 is 33.2 Å². The number of halogens is 3. The van der Waals surface area contributed by atoms with Gasteiger partial charge in [-0.2, -0.15) is 17.5 Å². The molecular weight excluding hydrogens is 515 g/mol. The molecule has 0 unspecified atom stereocenters. The van der Waals surface area contributed by atoms with E-state index in [0.29, 0.717) is 11.9 Å². The number of hydrogen-bond acceptors (Lipinski definition) is 7. The van der Waals surface area contributed by atoms with Gasteiger partial charge in [-0.1, -0.05) is 24.3 Å². The molecule has 0 radical (unpaired) electrons. The van der Waals surface area contributed by atoms with Crippen LogP contribution in [0, 0.1) is 0 Å². The largest absolute Gasteiger partial charge is 0.473 e. The Labute approximate surface area is 223 Å². The number of amidine groups is 1. The molecule has 0 bridgehead atoms. The van der Waals surface area contributed by atoms with Crippen molar-refractivity contribution in [3.63, 3.8) is 0 Å². The lowest BCUT2D eigenvalue weighted by atomic mass is 9.89. The molecule has 0 amide bonds. The highest BCUT2D eigenvalue weighted by atomic mass is 32.1. The predicted octanol–water partition coefficient (Wildman–Crippen LogP) is 4.52. The van der Waals surface area contributed by atoms with Crippen LogP contribution in [0.4, 0.5) is 13.2 Å². The number of aromatic nitrogens is 1. The van der Waals surface area contributed by atoms with Gasteiger partial charge in [0.2, 0.25) is 5.88 Å². The fraction of sp³-hybridized carbons (Fsp3) is 0.444. The zero-order valence-electron chi connectivity index (χ0n) is 20.8. The Morgan fingerprint density at radius 3 is 2.63 bits per heavy atom. The zero-order valence-corrected chi connectivity index (χ0v) is 21.6. The first kappa shape index (κ1) is 26.6. The van der Waals surface area contributed by atoms with E-state index in [9.17, 15) is 18.0 Å². The van der Waals surface area contributed by atoms with Gasteiger partial charge in [-0.15, -0.1) is 0 Å². The molecule has 5 rings (SSSR count). The summed E-state index contributed by atoms with van der Waals surface area (Å²) in [5.41, 5.74) is 5.20. The zero-order chi connectivity index (χ0) is 26.7. The second kappa shape index (κ2) is 11.4. The van der Waals surface area contributed by atoms with Gasteiger partial charge in [0, 0.05) is 24.7 Å². The topological polar surface area (TPSA) is 92.8 Å². The fourth-order valence-corrected chi connectivity index (χ4v) is 5.77. The number of nitrogens with two attached hydrogens (primary N) is 1. The fourth-order valence-electron chi connectivity index (χ4n) is 5.06. The number of nitrogens with zero attached hydrogens (tertiary/aromatic N) is 3. The van der Waals surface area contributed by atoms with Crippen LogP contribution in [0.15, 0.2) is 53.5 Å². The average molecular weight is 546 g/mol. The summed E-state index contributed by atoms with van der Waals surface area (Å²) in [5.74, 6) is 0.702. The maximum atomic E-state index is 12.9. The smallest absolute Gasteiger partial charge is 0.416 e. The predicted molar refractivity (Wildman–Crippen MR) is 142 cm³/mol. The number of carbonyl (C=O) groups is 1. The number of carbonyl (C=O) groups excluding carboxylic acids is 1. The molecule has 0 atom stereocenters. The van der Waals surface area contributed by atoms with Gasteiger partial charge >= 0.3 is 6.18 Å². The third-order valence-electron chi connectivity index (χ3n) is 7.13. The molecule has 3 aromatic rings. The van der Waals surface area contributed by atoms with Crippen molar-refractivity contribution in [3.05, 3.63) is 59.7 Å². The molecule has 2 aliphatic rings. The van der Waals surface area contributed by atoms with Crippen molar-refractivity contribution in [1.82, 2.24) is 14.6 Å². The van der Waals surface area contributed by atoms with Crippen LogP contribution in [-0.4, -0.2) is 65.3 Å². The van der Waals surface area contributed by atoms with Crippen LogP contribution in [0.2, 0.25) is 0 Å². The van der Waals surface area contributed by atoms with Gasteiger partial charge in [0.15, 0.2) is 5.78 Å². The molecule has 202 valence electrons. The summed E-state index contributed by atoms with van der Waals surface area (Å²) < 4.78 is 50.4. The molecule has 7 nitrogen and oxygen atoms in total. The molecule has 1 aliphatic heterocycles. The quantitative estimate of drug-likeness (QED) is 0.233. The number of likely N-dealkylation sites (tertiary alicyclic amines) is 1. The Morgan fingerprint density at radius 1 is 1.11 bits per heavy atom. The highest BCUT2D eigenvalue weighted by molar-refractivity contribution is 7.13. The highest BCUT2D eigenvalue weighted by Gasteiger charge is 2.35. The van der Waals surface area contributed by atoms with E-state index in [1.54, 1.807) is 0 Å². The lowest BCUT2D eigenvalue weighted by Gasteiger charge is -2.45. The summed E-state index contributed by atoms with van der Waals surface area (Å²) in [6.45, 7) is 1.78. The molecule has 11 heteroatoms. The van der Waals surface area contributed by atoms with E-state index >= 15 is 0 Å².